The molecule has 14 heteroatoms. The van der Waals surface area contributed by atoms with E-state index in [1.165, 1.54) is 16.7 Å². The fourth-order valence-corrected chi connectivity index (χ4v) is 3.84. The van der Waals surface area contributed by atoms with Crippen LogP contribution in [0.25, 0.3) is 0 Å². The summed E-state index contributed by atoms with van der Waals surface area (Å²) in [5.74, 6) is -4.29. The van der Waals surface area contributed by atoms with Gasteiger partial charge in [0, 0.05) is 13.0 Å². The molecule has 0 aliphatic carbocycles. The third-order valence-corrected chi connectivity index (χ3v) is 5.77. The molecule has 1 saturated heterocycles. The fourth-order valence-electron chi connectivity index (χ4n) is 3.37. The number of carboxylic acid groups (broad SMARTS) is 1. The first-order chi connectivity index (χ1) is 15.5. The summed E-state index contributed by atoms with van der Waals surface area (Å²) in [7, 11) is 0. The molecule has 13 nitrogen and oxygen atoms in total. The van der Waals surface area contributed by atoms with Gasteiger partial charge < -0.3 is 37.8 Å². The minimum atomic E-state index is -1.37. The summed E-state index contributed by atoms with van der Waals surface area (Å²) in [5, 5.41) is 14.2. The monoisotopic (exact) mass is 488 g/mol. The van der Waals surface area contributed by atoms with Crippen molar-refractivity contribution >= 4 is 47.3 Å². The molecular formula is C19H32N6O7S. The summed E-state index contributed by atoms with van der Waals surface area (Å²) in [6.45, 7) is 0.179. The largest absolute Gasteiger partial charge is 0.480 e. The Hall–Kier alpha value is -2.87. The minimum Gasteiger partial charge on any atom is -0.480 e. The molecule has 186 valence electrons. The zero-order valence-electron chi connectivity index (χ0n) is 18.5. The highest BCUT2D eigenvalue weighted by Crippen LogP contribution is 2.20. The van der Waals surface area contributed by atoms with Crippen LogP contribution in [-0.4, -0.2) is 88.2 Å². The molecule has 9 N–H and O–H groups in total. The van der Waals surface area contributed by atoms with Crippen LogP contribution in [-0.2, 0) is 28.8 Å². The average Bonchev–Trinajstić information content (AvgIpc) is 3.23. The summed E-state index contributed by atoms with van der Waals surface area (Å²) in [5.41, 5.74) is 16.0. The van der Waals surface area contributed by atoms with Gasteiger partial charge in [-0.1, -0.05) is 0 Å². The summed E-state index contributed by atoms with van der Waals surface area (Å²) in [6, 6.07) is -4.57. The number of hydrogen-bond donors (Lipinski definition) is 6. The second kappa shape index (κ2) is 13.6. The number of thioether (sulfide) groups is 1. The van der Waals surface area contributed by atoms with Crippen molar-refractivity contribution in [3.8, 4) is 0 Å². The molecule has 0 aromatic heterocycles. The first-order valence-corrected chi connectivity index (χ1v) is 11.8. The quantitative estimate of drug-likeness (QED) is 0.149. The van der Waals surface area contributed by atoms with E-state index in [1.807, 2.05) is 6.26 Å². The normalized spacial score (nSPS) is 18.1. The highest BCUT2D eigenvalue weighted by atomic mass is 32.2. The lowest BCUT2D eigenvalue weighted by Crippen LogP contribution is -2.57. The smallest absolute Gasteiger partial charge is 0.326 e. The van der Waals surface area contributed by atoms with E-state index in [0.29, 0.717) is 18.6 Å². The molecule has 4 unspecified atom stereocenters. The van der Waals surface area contributed by atoms with E-state index in [1.54, 1.807) is 0 Å². The molecule has 0 spiro atoms. The van der Waals surface area contributed by atoms with Crippen molar-refractivity contribution in [2.45, 2.75) is 62.7 Å². The van der Waals surface area contributed by atoms with Crippen molar-refractivity contribution in [1.29, 1.82) is 0 Å². The lowest BCUT2D eigenvalue weighted by molar-refractivity contribution is -0.145. The van der Waals surface area contributed by atoms with Gasteiger partial charge in [0.2, 0.25) is 29.5 Å². The Balaban J connectivity index is 2.91. The number of carbonyl (C=O) groups is 6. The van der Waals surface area contributed by atoms with Crippen LogP contribution < -0.4 is 27.8 Å². The van der Waals surface area contributed by atoms with Crippen molar-refractivity contribution in [2.24, 2.45) is 17.2 Å². The number of rotatable bonds is 14. The van der Waals surface area contributed by atoms with Crippen LogP contribution in [0.2, 0.25) is 0 Å². The van der Waals surface area contributed by atoms with Crippen LogP contribution in [0.15, 0.2) is 0 Å². The van der Waals surface area contributed by atoms with Crippen LogP contribution >= 0.6 is 11.8 Å². The molecule has 0 aromatic carbocycles. The Kier molecular flexibility index (Phi) is 11.6. The first kappa shape index (κ1) is 28.2. The van der Waals surface area contributed by atoms with Crippen LogP contribution in [0.1, 0.15) is 38.5 Å². The number of primary amides is 2. The maximum absolute atomic E-state index is 13.1. The molecule has 0 aromatic rings. The van der Waals surface area contributed by atoms with E-state index < -0.39 is 66.1 Å². The lowest BCUT2D eigenvalue weighted by Gasteiger charge is -2.29. The van der Waals surface area contributed by atoms with Gasteiger partial charge in [-0.2, -0.15) is 11.8 Å². The minimum absolute atomic E-state index is 0.0555. The van der Waals surface area contributed by atoms with Gasteiger partial charge in [0.15, 0.2) is 0 Å². The fraction of sp³-hybridized carbons (Fsp3) is 0.684. The van der Waals surface area contributed by atoms with E-state index >= 15 is 0 Å². The van der Waals surface area contributed by atoms with Crippen molar-refractivity contribution in [1.82, 2.24) is 15.5 Å². The van der Waals surface area contributed by atoms with Gasteiger partial charge >= 0.3 is 5.97 Å². The van der Waals surface area contributed by atoms with Crippen LogP contribution in [0, 0.1) is 0 Å². The van der Waals surface area contributed by atoms with Gasteiger partial charge in [0.1, 0.15) is 18.1 Å². The van der Waals surface area contributed by atoms with E-state index in [2.05, 4.69) is 10.6 Å². The Labute approximate surface area is 195 Å². The summed E-state index contributed by atoms with van der Waals surface area (Å²) >= 11 is 1.44. The molecule has 0 radical (unpaired) electrons. The second-order valence-corrected chi connectivity index (χ2v) is 8.70. The van der Waals surface area contributed by atoms with E-state index in [-0.39, 0.29) is 25.8 Å². The molecule has 1 heterocycles. The predicted molar refractivity (Wildman–Crippen MR) is 119 cm³/mol. The topological polar surface area (TPSA) is 228 Å². The van der Waals surface area contributed by atoms with E-state index in [4.69, 9.17) is 17.2 Å². The van der Waals surface area contributed by atoms with Crippen molar-refractivity contribution in [2.75, 3.05) is 18.6 Å². The summed E-state index contributed by atoms with van der Waals surface area (Å²) < 4.78 is 0. The SMILES string of the molecule is CSCCC(NC(=O)C1CCCN1C(=O)C(CC(N)=O)NC(=O)C(N)CCC(N)=O)C(=O)O. The molecule has 4 atom stereocenters. The molecular weight excluding hydrogens is 456 g/mol. The average molecular weight is 489 g/mol. The van der Waals surface area contributed by atoms with Crippen molar-refractivity contribution in [3.63, 3.8) is 0 Å². The van der Waals surface area contributed by atoms with Crippen molar-refractivity contribution < 1.29 is 33.9 Å². The van der Waals surface area contributed by atoms with Gasteiger partial charge in [0.05, 0.1) is 12.5 Å². The third-order valence-electron chi connectivity index (χ3n) is 5.12. The van der Waals surface area contributed by atoms with E-state index in [0.717, 1.165) is 0 Å². The predicted octanol–water partition coefficient (Wildman–Crippen LogP) is -2.75. The Morgan fingerprint density at radius 1 is 1.06 bits per heavy atom. The number of amides is 5. The summed E-state index contributed by atoms with van der Waals surface area (Å²) in [4.78, 5) is 73.2. The van der Waals surface area contributed by atoms with Gasteiger partial charge in [-0.15, -0.1) is 0 Å². The standard InChI is InChI=1S/C19H32N6O7S/c1-33-8-6-11(19(31)32)23-17(29)13-3-2-7-25(13)18(30)12(9-15(22)27)24-16(28)10(20)4-5-14(21)26/h10-13H,2-9,20H2,1H3,(H2,21,26)(H2,22,27)(H,23,29)(H,24,28)(H,31,32). The number of likely N-dealkylation sites (tertiary alicyclic amines) is 1. The van der Waals surface area contributed by atoms with Crippen LogP contribution in [0.4, 0.5) is 0 Å². The lowest BCUT2D eigenvalue weighted by atomic mass is 10.1. The number of carboxylic acids is 1. The van der Waals surface area contributed by atoms with Gasteiger partial charge in [-0.25, -0.2) is 4.79 Å². The second-order valence-electron chi connectivity index (χ2n) is 7.71. The molecule has 0 bridgehead atoms. The molecule has 33 heavy (non-hydrogen) atoms. The number of nitrogens with zero attached hydrogens (tertiary/aromatic N) is 1. The molecule has 1 fully saturated rings. The number of nitrogens with one attached hydrogen (secondary N) is 2. The Morgan fingerprint density at radius 3 is 2.27 bits per heavy atom. The van der Waals surface area contributed by atoms with Gasteiger partial charge in [-0.3, -0.25) is 24.0 Å². The molecule has 0 saturated carbocycles. The highest BCUT2D eigenvalue weighted by molar-refractivity contribution is 7.98. The number of carbonyl (C=O) groups excluding carboxylic acids is 5. The Morgan fingerprint density at radius 2 is 1.73 bits per heavy atom. The summed E-state index contributed by atoms with van der Waals surface area (Å²) in [6.07, 6.45) is 2.07. The first-order valence-electron chi connectivity index (χ1n) is 10.4. The highest BCUT2D eigenvalue weighted by Gasteiger charge is 2.39. The zero-order valence-corrected chi connectivity index (χ0v) is 19.3. The maximum atomic E-state index is 13.1. The Bertz CT molecular complexity index is 765. The van der Waals surface area contributed by atoms with Crippen LogP contribution in [0.3, 0.4) is 0 Å². The maximum Gasteiger partial charge on any atom is 0.326 e. The number of nitrogens with two attached hydrogens (primary N) is 3. The number of aliphatic carboxylic acids is 1. The molecule has 1 aliphatic heterocycles. The molecule has 1 rings (SSSR count). The molecule has 5 amide bonds. The van der Waals surface area contributed by atoms with Gasteiger partial charge in [-0.05, 0) is 37.7 Å². The van der Waals surface area contributed by atoms with Crippen molar-refractivity contribution in [3.05, 3.63) is 0 Å². The molecule has 1 aliphatic rings. The van der Waals surface area contributed by atoms with E-state index in [9.17, 15) is 33.9 Å². The zero-order chi connectivity index (χ0) is 25.1. The van der Waals surface area contributed by atoms with Gasteiger partial charge in [0.25, 0.3) is 0 Å². The third kappa shape index (κ3) is 9.26. The number of hydrogen-bond acceptors (Lipinski definition) is 8. The van der Waals surface area contributed by atoms with Crippen LogP contribution in [0.5, 0.6) is 0 Å².